The fourth-order valence-corrected chi connectivity index (χ4v) is 3.43. The number of nitrogens with zero attached hydrogens (tertiary/aromatic N) is 2. The molecular formula is C17H21FN6. The van der Waals surface area contributed by atoms with Crippen molar-refractivity contribution in [1.82, 2.24) is 20.6 Å². The van der Waals surface area contributed by atoms with Gasteiger partial charge < -0.3 is 21.7 Å². The second-order valence-electron chi connectivity index (χ2n) is 6.39. The van der Waals surface area contributed by atoms with E-state index in [-0.39, 0.29) is 24.1 Å². The SMILES string of the molecule is N[C@@H]1CCCC[C@H]1Nc1nc(C2=CNC3NC=CC=C23)ncc1F. The summed E-state index contributed by atoms with van der Waals surface area (Å²) < 4.78 is 14.2. The van der Waals surface area contributed by atoms with Gasteiger partial charge in [-0.15, -0.1) is 0 Å². The highest BCUT2D eigenvalue weighted by Crippen LogP contribution is 2.29. The molecule has 126 valence electrons. The molecule has 1 saturated carbocycles. The minimum Gasteiger partial charge on any atom is -0.368 e. The van der Waals surface area contributed by atoms with Crippen LogP contribution < -0.4 is 21.7 Å². The molecule has 3 atom stereocenters. The van der Waals surface area contributed by atoms with Crippen molar-refractivity contribution < 1.29 is 4.39 Å². The number of dihydropyridines is 1. The molecule has 7 heteroatoms. The normalized spacial score (nSPS) is 28.3. The first-order valence-electron chi connectivity index (χ1n) is 8.37. The topological polar surface area (TPSA) is 87.9 Å². The molecule has 3 aliphatic rings. The van der Waals surface area contributed by atoms with Crippen LogP contribution in [0.15, 0.2) is 36.3 Å². The van der Waals surface area contributed by atoms with E-state index in [1.165, 1.54) is 6.20 Å². The lowest BCUT2D eigenvalue weighted by molar-refractivity contribution is 0.401. The standard InChI is InChI=1S/C17H21FN6/c18-12-9-22-16(11-8-21-15-10(11)4-3-7-20-15)24-17(12)23-14-6-2-1-5-13(14)19/h3-4,7-9,13-15,20-21H,1-2,5-6,19H2,(H,22,23,24)/t13-,14-,15?/m1/s1. The Balaban J connectivity index is 1.60. The predicted molar refractivity (Wildman–Crippen MR) is 91.1 cm³/mol. The first-order valence-corrected chi connectivity index (χ1v) is 8.37. The van der Waals surface area contributed by atoms with Crippen molar-refractivity contribution in [2.75, 3.05) is 5.32 Å². The Morgan fingerprint density at radius 2 is 2.12 bits per heavy atom. The molecule has 0 bridgehead atoms. The summed E-state index contributed by atoms with van der Waals surface area (Å²) in [5, 5.41) is 9.61. The first-order chi connectivity index (χ1) is 11.7. The van der Waals surface area contributed by atoms with E-state index in [0.29, 0.717) is 5.82 Å². The Bertz CT molecular complexity index is 726. The Labute approximate surface area is 140 Å². The number of aromatic nitrogens is 2. The monoisotopic (exact) mass is 328 g/mol. The van der Waals surface area contributed by atoms with Gasteiger partial charge in [0.05, 0.1) is 6.20 Å². The third-order valence-corrected chi connectivity index (χ3v) is 4.78. The largest absolute Gasteiger partial charge is 0.368 e. The van der Waals surface area contributed by atoms with E-state index >= 15 is 0 Å². The van der Waals surface area contributed by atoms with Gasteiger partial charge in [0.25, 0.3) is 0 Å². The minimum atomic E-state index is -0.449. The second-order valence-corrected chi connectivity index (χ2v) is 6.39. The average Bonchev–Trinajstić information content (AvgIpc) is 3.03. The molecule has 1 fully saturated rings. The van der Waals surface area contributed by atoms with Crippen molar-refractivity contribution in [3.05, 3.63) is 48.0 Å². The van der Waals surface area contributed by atoms with Crippen LogP contribution in [-0.2, 0) is 0 Å². The molecular weight excluding hydrogens is 307 g/mol. The van der Waals surface area contributed by atoms with Crippen LogP contribution in [0.2, 0.25) is 0 Å². The van der Waals surface area contributed by atoms with Crippen molar-refractivity contribution in [3.63, 3.8) is 0 Å². The summed E-state index contributed by atoms with van der Waals surface area (Å²) in [5.74, 6) is 0.281. The molecule has 5 N–H and O–H groups in total. The van der Waals surface area contributed by atoms with E-state index in [2.05, 4.69) is 25.9 Å². The van der Waals surface area contributed by atoms with Gasteiger partial charge in [0.2, 0.25) is 0 Å². The highest BCUT2D eigenvalue weighted by atomic mass is 19.1. The highest BCUT2D eigenvalue weighted by Gasteiger charge is 2.27. The molecule has 6 nitrogen and oxygen atoms in total. The van der Waals surface area contributed by atoms with Crippen molar-refractivity contribution in [1.29, 1.82) is 0 Å². The Morgan fingerprint density at radius 3 is 3.00 bits per heavy atom. The molecule has 24 heavy (non-hydrogen) atoms. The molecule has 1 aromatic heterocycles. The quantitative estimate of drug-likeness (QED) is 0.674. The lowest BCUT2D eigenvalue weighted by Gasteiger charge is -2.29. The van der Waals surface area contributed by atoms with Gasteiger partial charge >= 0.3 is 0 Å². The maximum absolute atomic E-state index is 14.2. The summed E-state index contributed by atoms with van der Waals surface area (Å²) in [6.45, 7) is 0. The second kappa shape index (κ2) is 6.24. The molecule has 4 rings (SSSR count). The molecule has 0 radical (unpaired) electrons. The van der Waals surface area contributed by atoms with Gasteiger partial charge in [0, 0.05) is 29.4 Å². The molecule has 3 heterocycles. The van der Waals surface area contributed by atoms with Crippen molar-refractivity contribution >= 4 is 11.4 Å². The fourth-order valence-electron chi connectivity index (χ4n) is 3.43. The van der Waals surface area contributed by atoms with E-state index in [0.717, 1.165) is 36.8 Å². The van der Waals surface area contributed by atoms with Crippen LogP contribution in [0.3, 0.4) is 0 Å². The number of allylic oxidation sites excluding steroid dienone is 2. The van der Waals surface area contributed by atoms with Crippen LogP contribution in [0.4, 0.5) is 10.2 Å². The van der Waals surface area contributed by atoms with Crippen molar-refractivity contribution in [2.24, 2.45) is 5.73 Å². The highest BCUT2D eigenvalue weighted by molar-refractivity contribution is 5.80. The van der Waals surface area contributed by atoms with E-state index in [4.69, 9.17) is 5.73 Å². The molecule has 1 aliphatic carbocycles. The Morgan fingerprint density at radius 1 is 1.25 bits per heavy atom. The molecule has 0 aromatic carbocycles. The zero-order chi connectivity index (χ0) is 16.5. The van der Waals surface area contributed by atoms with Gasteiger partial charge in [-0.2, -0.15) is 0 Å². The Hall–Kier alpha value is -2.41. The van der Waals surface area contributed by atoms with Gasteiger partial charge in [-0.05, 0) is 25.1 Å². The van der Waals surface area contributed by atoms with Crippen molar-refractivity contribution in [2.45, 2.75) is 43.9 Å². The van der Waals surface area contributed by atoms with Crippen LogP contribution in [-0.4, -0.2) is 28.2 Å². The van der Waals surface area contributed by atoms with Crippen LogP contribution in [0, 0.1) is 5.82 Å². The summed E-state index contributed by atoms with van der Waals surface area (Å²) in [4.78, 5) is 8.59. The van der Waals surface area contributed by atoms with E-state index in [1.54, 1.807) is 0 Å². The maximum atomic E-state index is 14.2. The molecule has 1 unspecified atom stereocenters. The van der Waals surface area contributed by atoms with E-state index in [9.17, 15) is 4.39 Å². The summed E-state index contributed by atoms with van der Waals surface area (Å²) >= 11 is 0. The van der Waals surface area contributed by atoms with Crippen LogP contribution >= 0.6 is 0 Å². The number of halogens is 1. The summed E-state index contributed by atoms with van der Waals surface area (Å²) in [5.41, 5.74) is 8.06. The van der Waals surface area contributed by atoms with E-state index in [1.807, 2.05) is 24.6 Å². The minimum absolute atomic E-state index is 0.0156. The van der Waals surface area contributed by atoms with Gasteiger partial charge in [-0.3, -0.25) is 0 Å². The number of anilines is 1. The summed E-state index contributed by atoms with van der Waals surface area (Å²) in [7, 11) is 0. The summed E-state index contributed by atoms with van der Waals surface area (Å²) in [6, 6.07) is 0.0848. The third kappa shape index (κ3) is 2.75. The predicted octanol–water partition coefficient (Wildman–Crippen LogP) is 1.61. The van der Waals surface area contributed by atoms with Gasteiger partial charge in [0.15, 0.2) is 17.5 Å². The van der Waals surface area contributed by atoms with Crippen LogP contribution in [0.25, 0.3) is 5.57 Å². The number of rotatable bonds is 3. The number of hydrogen-bond donors (Lipinski definition) is 4. The lowest BCUT2D eigenvalue weighted by atomic mass is 9.91. The fraction of sp³-hybridized carbons (Fsp3) is 0.412. The number of nitrogens with one attached hydrogen (secondary N) is 3. The van der Waals surface area contributed by atoms with Gasteiger partial charge in [-0.1, -0.05) is 18.9 Å². The third-order valence-electron chi connectivity index (χ3n) is 4.78. The lowest BCUT2D eigenvalue weighted by Crippen LogP contribution is -2.43. The number of fused-ring (bicyclic) bond motifs is 1. The van der Waals surface area contributed by atoms with E-state index < -0.39 is 5.82 Å². The van der Waals surface area contributed by atoms with Crippen LogP contribution in [0.1, 0.15) is 31.5 Å². The zero-order valence-corrected chi connectivity index (χ0v) is 13.3. The number of hydrogen-bond acceptors (Lipinski definition) is 6. The van der Waals surface area contributed by atoms with Gasteiger partial charge in [0.1, 0.15) is 6.17 Å². The maximum Gasteiger partial charge on any atom is 0.183 e. The average molecular weight is 328 g/mol. The number of nitrogens with two attached hydrogens (primary N) is 1. The molecule has 1 aromatic rings. The summed E-state index contributed by atoms with van der Waals surface area (Å²) in [6.07, 6.45) is 13.0. The molecule has 0 spiro atoms. The zero-order valence-electron chi connectivity index (χ0n) is 13.3. The molecule has 2 aliphatic heterocycles. The Kier molecular flexibility index (Phi) is 3.93. The molecule has 0 amide bonds. The smallest absolute Gasteiger partial charge is 0.183 e. The van der Waals surface area contributed by atoms with Gasteiger partial charge in [-0.25, -0.2) is 14.4 Å². The van der Waals surface area contributed by atoms with Crippen LogP contribution in [0.5, 0.6) is 0 Å². The van der Waals surface area contributed by atoms with Crippen molar-refractivity contribution in [3.8, 4) is 0 Å². The first kappa shape index (κ1) is 15.1. The molecule has 0 saturated heterocycles.